The van der Waals surface area contributed by atoms with Gasteiger partial charge in [0, 0.05) is 25.1 Å². The van der Waals surface area contributed by atoms with E-state index in [1.54, 1.807) is 7.11 Å². The van der Waals surface area contributed by atoms with Crippen LogP contribution in [0.2, 0.25) is 0 Å². The van der Waals surface area contributed by atoms with Crippen LogP contribution in [0.15, 0.2) is 39.8 Å². The van der Waals surface area contributed by atoms with Crippen molar-refractivity contribution in [2.75, 3.05) is 34.3 Å². The van der Waals surface area contributed by atoms with Gasteiger partial charge in [0.25, 0.3) is 0 Å². The monoisotopic (exact) mass is 415 g/mol. The number of nitrogens with zero attached hydrogens (tertiary/aromatic N) is 3. The number of hydrogen-bond acceptors (Lipinski definition) is 5. The lowest BCUT2D eigenvalue weighted by atomic mass is 9.99. The highest BCUT2D eigenvalue weighted by molar-refractivity contribution is 5.79. The zero-order chi connectivity index (χ0) is 21.9. The molecule has 7 nitrogen and oxygen atoms in total. The van der Waals surface area contributed by atoms with E-state index in [-0.39, 0.29) is 6.04 Å². The lowest BCUT2D eigenvalue weighted by Gasteiger charge is -2.26. The Morgan fingerprint density at radius 2 is 1.93 bits per heavy atom. The Balaban J connectivity index is 2.06. The lowest BCUT2D eigenvalue weighted by Crippen LogP contribution is -2.41. The molecule has 0 amide bonds. The average Bonchev–Trinajstić information content (AvgIpc) is 3.21. The highest BCUT2D eigenvalue weighted by Gasteiger charge is 2.16. The second kappa shape index (κ2) is 12.2. The molecule has 166 valence electrons. The number of ether oxygens (including phenoxy) is 1. The van der Waals surface area contributed by atoms with Crippen LogP contribution in [0.1, 0.15) is 62.6 Å². The Morgan fingerprint density at radius 1 is 1.17 bits per heavy atom. The van der Waals surface area contributed by atoms with Crippen LogP contribution in [-0.2, 0) is 6.54 Å². The first kappa shape index (κ1) is 23.7. The number of likely N-dealkylation sites (N-methyl/N-ethyl adjacent to an activating group) is 1. The molecule has 0 saturated heterocycles. The predicted molar refractivity (Wildman–Crippen MR) is 122 cm³/mol. The third kappa shape index (κ3) is 6.76. The third-order valence-corrected chi connectivity index (χ3v) is 5.28. The van der Waals surface area contributed by atoms with Gasteiger partial charge in [-0.2, -0.15) is 0 Å². The van der Waals surface area contributed by atoms with Gasteiger partial charge in [-0.25, -0.2) is 4.99 Å². The van der Waals surface area contributed by atoms with Gasteiger partial charge in [0.2, 0.25) is 0 Å². The maximum absolute atomic E-state index is 5.50. The molecular formula is C23H37N5O2. The van der Waals surface area contributed by atoms with E-state index in [1.807, 2.05) is 18.2 Å². The molecule has 2 N–H and O–H groups in total. The molecule has 2 aromatic rings. The molecule has 1 unspecified atom stereocenters. The predicted octanol–water partition coefficient (Wildman–Crippen LogP) is 3.94. The number of guanidine groups is 1. The van der Waals surface area contributed by atoms with Crippen molar-refractivity contribution in [2.24, 2.45) is 4.99 Å². The van der Waals surface area contributed by atoms with E-state index in [9.17, 15) is 0 Å². The Bertz CT molecular complexity index is 783. The molecule has 1 aromatic carbocycles. The summed E-state index contributed by atoms with van der Waals surface area (Å²) < 4.78 is 10.9. The number of hydrogen-bond donors (Lipinski definition) is 2. The SMILES string of the molecule is CCNC(=NCc1cc(C(CC)CC)no1)NCC(c1cccc(OC)c1)N(C)C. The van der Waals surface area contributed by atoms with E-state index >= 15 is 0 Å². The molecular weight excluding hydrogens is 378 g/mol. The molecule has 0 aliphatic carbocycles. The van der Waals surface area contributed by atoms with Crippen LogP contribution < -0.4 is 15.4 Å². The molecule has 0 radical (unpaired) electrons. The molecule has 1 heterocycles. The molecule has 0 aliphatic heterocycles. The molecule has 0 fully saturated rings. The average molecular weight is 416 g/mol. The molecule has 30 heavy (non-hydrogen) atoms. The molecule has 1 aromatic heterocycles. The fourth-order valence-corrected chi connectivity index (χ4v) is 3.44. The first-order valence-electron chi connectivity index (χ1n) is 10.8. The maximum Gasteiger partial charge on any atom is 0.191 e. The molecule has 7 heteroatoms. The summed E-state index contributed by atoms with van der Waals surface area (Å²) in [6.07, 6.45) is 2.12. The second-order valence-electron chi connectivity index (χ2n) is 7.56. The molecule has 1 atom stereocenters. The van der Waals surface area contributed by atoms with Crippen molar-refractivity contribution in [1.82, 2.24) is 20.7 Å². The fraction of sp³-hybridized carbons (Fsp3) is 0.565. The third-order valence-electron chi connectivity index (χ3n) is 5.28. The van der Waals surface area contributed by atoms with Crippen molar-refractivity contribution in [3.8, 4) is 5.75 Å². The van der Waals surface area contributed by atoms with Gasteiger partial charge in [-0.1, -0.05) is 31.1 Å². The minimum absolute atomic E-state index is 0.177. The zero-order valence-corrected chi connectivity index (χ0v) is 19.2. The smallest absolute Gasteiger partial charge is 0.191 e. The van der Waals surface area contributed by atoms with Gasteiger partial charge in [-0.15, -0.1) is 0 Å². The van der Waals surface area contributed by atoms with Gasteiger partial charge in [0.05, 0.1) is 18.8 Å². The van der Waals surface area contributed by atoms with Crippen LogP contribution in [0, 0.1) is 0 Å². The molecule has 0 bridgehead atoms. The van der Waals surface area contributed by atoms with Crippen LogP contribution >= 0.6 is 0 Å². The van der Waals surface area contributed by atoms with Gasteiger partial charge < -0.3 is 24.8 Å². The summed E-state index contributed by atoms with van der Waals surface area (Å²) in [5.74, 6) is 2.85. The molecule has 0 saturated carbocycles. The number of nitrogens with one attached hydrogen (secondary N) is 2. The number of aliphatic imine (C=N–C) groups is 1. The Hall–Kier alpha value is -2.54. The van der Waals surface area contributed by atoms with E-state index in [0.717, 1.165) is 42.5 Å². The van der Waals surface area contributed by atoms with Gasteiger partial charge in [0.1, 0.15) is 12.3 Å². The summed E-state index contributed by atoms with van der Waals surface area (Å²) in [6, 6.07) is 10.4. The van der Waals surface area contributed by atoms with Gasteiger partial charge in [-0.3, -0.25) is 0 Å². The summed E-state index contributed by atoms with van der Waals surface area (Å²) in [5, 5.41) is 11.0. The van der Waals surface area contributed by atoms with Crippen molar-refractivity contribution in [3.63, 3.8) is 0 Å². The van der Waals surface area contributed by atoms with E-state index in [1.165, 1.54) is 5.56 Å². The van der Waals surface area contributed by atoms with Crippen molar-refractivity contribution in [1.29, 1.82) is 0 Å². The second-order valence-corrected chi connectivity index (χ2v) is 7.56. The zero-order valence-electron chi connectivity index (χ0n) is 19.2. The summed E-state index contributed by atoms with van der Waals surface area (Å²) in [7, 11) is 5.84. The largest absolute Gasteiger partial charge is 0.497 e. The summed E-state index contributed by atoms with van der Waals surface area (Å²) in [6.45, 7) is 8.36. The number of benzene rings is 1. The van der Waals surface area contributed by atoms with E-state index in [0.29, 0.717) is 19.0 Å². The first-order chi connectivity index (χ1) is 14.5. The van der Waals surface area contributed by atoms with E-state index < -0.39 is 0 Å². The van der Waals surface area contributed by atoms with Gasteiger partial charge in [-0.05, 0) is 51.6 Å². The first-order valence-corrected chi connectivity index (χ1v) is 10.8. The Morgan fingerprint density at radius 3 is 2.57 bits per heavy atom. The lowest BCUT2D eigenvalue weighted by molar-refractivity contribution is 0.297. The standard InChI is InChI=1S/C23H37N5O2/c1-7-17(8-2)21-14-20(30-27-21)15-25-23(24-9-3)26-16-22(28(4)5)18-11-10-12-19(13-18)29-6/h10-14,17,22H,7-9,15-16H2,1-6H3,(H2,24,25,26). The van der Waals surface area contributed by atoms with E-state index in [2.05, 4.69) is 72.7 Å². The number of aromatic nitrogens is 1. The molecule has 0 spiro atoms. The van der Waals surface area contributed by atoms with Crippen molar-refractivity contribution in [2.45, 2.75) is 52.1 Å². The van der Waals surface area contributed by atoms with Crippen LogP contribution in [0.25, 0.3) is 0 Å². The number of methoxy groups -OCH3 is 1. The number of rotatable bonds is 11. The molecule has 0 aliphatic rings. The topological polar surface area (TPSA) is 74.9 Å². The Labute approximate surface area is 180 Å². The minimum Gasteiger partial charge on any atom is -0.497 e. The van der Waals surface area contributed by atoms with Crippen molar-refractivity contribution < 1.29 is 9.26 Å². The maximum atomic E-state index is 5.50. The summed E-state index contributed by atoms with van der Waals surface area (Å²) in [5.41, 5.74) is 2.21. The Kier molecular flexibility index (Phi) is 9.67. The highest BCUT2D eigenvalue weighted by Crippen LogP contribution is 2.23. The summed E-state index contributed by atoms with van der Waals surface area (Å²) >= 11 is 0. The van der Waals surface area contributed by atoms with E-state index in [4.69, 9.17) is 9.26 Å². The highest BCUT2D eigenvalue weighted by atomic mass is 16.5. The van der Waals surface area contributed by atoms with Crippen LogP contribution in [0.3, 0.4) is 0 Å². The van der Waals surface area contributed by atoms with Crippen LogP contribution in [0.5, 0.6) is 5.75 Å². The normalized spacial score (nSPS) is 13.0. The fourth-order valence-electron chi connectivity index (χ4n) is 3.44. The molecule has 2 rings (SSSR count). The minimum atomic E-state index is 0.177. The summed E-state index contributed by atoms with van der Waals surface area (Å²) in [4.78, 5) is 6.87. The van der Waals surface area contributed by atoms with Crippen molar-refractivity contribution in [3.05, 3.63) is 47.3 Å². The quantitative estimate of drug-likeness (QED) is 0.428. The van der Waals surface area contributed by atoms with Crippen molar-refractivity contribution >= 4 is 5.96 Å². The van der Waals surface area contributed by atoms with Gasteiger partial charge >= 0.3 is 0 Å². The van der Waals surface area contributed by atoms with Crippen LogP contribution in [-0.4, -0.2) is 50.3 Å². The van der Waals surface area contributed by atoms with Gasteiger partial charge in [0.15, 0.2) is 11.7 Å². The van der Waals surface area contributed by atoms with Crippen LogP contribution in [0.4, 0.5) is 0 Å².